The van der Waals surface area contributed by atoms with Crippen molar-refractivity contribution >= 4 is 10.0 Å². The average Bonchev–Trinajstić information content (AvgIpc) is 2.76. The summed E-state index contributed by atoms with van der Waals surface area (Å²) in [6.07, 6.45) is 0.0641. The summed E-state index contributed by atoms with van der Waals surface area (Å²) in [6.45, 7) is 7.22. The lowest BCUT2D eigenvalue weighted by Crippen LogP contribution is -2.24. The molecule has 2 rings (SSSR count). The summed E-state index contributed by atoms with van der Waals surface area (Å²) in [7, 11) is -3.66. The minimum atomic E-state index is -3.66. The summed E-state index contributed by atoms with van der Waals surface area (Å²) < 4.78 is 37.7. The van der Waals surface area contributed by atoms with Crippen molar-refractivity contribution in [3.8, 4) is 5.75 Å². The van der Waals surface area contributed by atoms with Crippen LogP contribution in [0.5, 0.6) is 5.75 Å². The first-order chi connectivity index (χ1) is 10.3. The zero-order valence-electron chi connectivity index (χ0n) is 13.1. The molecule has 0 fully saturated rings. The molecule has 0 amide bonds. The minimum absolute atomic E-state index is 0.0641. The molecule has 1 N–H and O–H groups in total. The first kappa shape index (κ1) is 16.5. The van der Waals surface area contributed by atoms with Gasteiger partial charge in [-0.2, -0.15) is 0 Å². The lowest BCUT2D eigenvalue weighted by atomic mass is 10.2. The molecule has 120 valence electrons. The van der Waals surface area contributed by atoms with Gasteiger partial charge in [0.05, 0.1) is 6.10 Å². The summed E-state index contributed by atoms with van der Waals surface area (Å²) in [5.74, 6) is 0.992. The maximum atomic E-state index is 12.3. The van der Waals surface area contributed by atoms with E-state index in [0.717, 1.165) is 5.56 Å². The number of rotatable bonds is 6. The highest BCUT2D eigenvalue weighted by atomic mass is 32.2. The number of nitrogens with one attached hydrogen (secondary N) is 1. The van der Waals surface area contributed by atoms with Crippen LogP contribution in [0.2, 0.25) is 0 Å². The van der Waals surface area contributed by atoms with Crippen molar-refractivity contribution in [1.82, 2.24) is 9.88 Å². The fourth-order valence-electron chi connectivity index (χ4n) is 2.11. The Morgan fingerprint density at radius 2 is 2.05 bits per heavy atom. The van der Waals surface area contributed by atoms with Crippen LogP contribution < -0.4 is 9.46 Å². The van der Waals surface area contributed by atoms with Gasteiger partial charge in [0, 0.05) is 6.54 Å². The molecule has 6 nitrogen and oxygen atoms in total. The smallest absolute Gasteiger partial charge is 0.246 e. The zero-order valence-corrected chi connectivity index (χ0v) is 13.9. The van der Waals surface area contributed by atoms with E-state index in [0.29, 0.717) is 11.4 Å². The van der Waals surface area contributed by atoms with E-state index in [-0.39, 0.29) is 23.3 Å². The first-order valence-electron chi connectivity index (χ1n) is 6.97. The number of hydrogen-bond donors (Lipinski definition) is 1. The Hall–Kier alpha value is -1.86. The summed E-state index contributed by atoms with van der Waals surface area (Å²) in [5, 5.41) is 3.67. The van der Waals surface area contributed by atoms with Crippen molar-refractivity contribution in [3.05, 3.63) is 41.3 Å². The second kappa shape index (κ2) is 6.50. The second-order valence-electron chi connectivity index (χ2n) is 5.29. The highest BCUT2D eigenvalue weighted by molar-refractivity contribution is 7.89. The predicted octanol–water partition coefficient (Wildman–Crippen LogP) is 2.56. The Morgan fingerprint density at radius 1 is 1.32 bits per heavy atom. The number of aryl methyl sites for hydroxylation is 2. The number of nitrogens with zero attached hydrogens (tertiary/aromatic N) is 1. The predicted molar refractivity (Wildman–Crippen MR) is 82.2 cm³/mol. The van der Waals surface area contributed by atoms with E-state index in [1.54, 1.807) is 13.8 Å². The maximum absolute atomic E-state index is 12.3. The first-order valence-corrected chi connectivity index (χ1v) is 8.46. The summed E-state index contributed by atoms with van der Waals surface area (Å²) in [4.78, 5) is 0.0992. The van der Waals surface area contributed by atoms with E-state index in [4.69, 9.17) is 9.26 Å². The second-order valence-corrected chi connectivity index (χ2v) is 7.00. The van der Waals surface area contributed by atoms with Crippen LogP contribution in [0.25, 0.3) is 0 Å². The molecule has 7 heteroatoms. The van der Waals surface area contributed by atoms with Crippen molar-refractivity contribution in [2.75, 3.05) is 0 Å². The SMILES string of the molecule is Cc1noc(C)c1S(=O)(=O)NCc1cccc(OC(C)C)c1. The Kier molecular flexibility index (Phi) is 4.87. The lowest BCUT2D eigenvalue weighted by Gasteiger charge is -2.11. The van der Waals surface area contributed by atoms with Gasteiger partial charge in [-0.15, -0.1) is 0 Å². The third-order valence-corrected chi connectivity index (χ3v) is 4.62. The van der Waals surface area contributed by atoms with Crippen molar-refractivity contribution in [2.45, 2.75) is 45.2 Å². The van der Waals surface area contributed by atoms with Gasteiger partial charge in [0.2, 0.25) is 10.0 Å². The molecule has 1 heterocycles. The monoisotopic (exact) mass is 324 g/mol. The third-order valence-electron chi connectivity index (χ3n) is 2.97. The molecule has 0 aliphatic carbocycles. The molecule has 0 spiro atoms. The molecule has 0 atom stereocenters. The van der Waals surface area contributed by atoms with Gasteiger partial charge < -0.3 is 9.26 Å². The third kappa shape index (κ3) is 3.86. The number of ether oxygens (including phenoxy) is 1. The molecule has 0 unspecified atom stereocenters. The van der Waals surface area contributed by atoms with E-state index in [1.807, 2.05) is 38.1 Å². The van der Waals surface area contributed by atoms with Crippen LogP contribution in [0.15, 0.2) is 33.7 Å². The Labute approximate surface area is 130 Å². The molecule has 0 saturated heterocycles. The fraction of sp³-hybridized carbons (Fsp3) is 0.400. The lowest BCUT2D eigenvalue weighted by molar-refractivity contribution is 0.242. The van der Waals surface area contributed by atoms with Crippen molar-refractivity contribution in [1.29, 1.82) is 0 Å². The van der Waals surface area contributed by atoms with Gasteiger partial charge in [-0.05, 0) is 45.4 Å². The topological polar surface area (TPSA) is 81.4 Å². The Balaban J connectivity index is 2.13. The fourth-order valence-corrected chi connectivity index (χ4v) is 3.45. The number of benzene rings is 1. The minimum Gasteiger partial charge on any atom is -0.491 e. The standard InChI is InChI=1S/C15H20N2O4S/c1-10(2)20-14-7-5-6-13(8-14)9-16-22(18,19)15-11(3)17-21-12(15)4/h5-8,10,16H,9H2,1-4H3. The summed E-state index contributed by atoms with van der Waals surface area (Å²) in [5.41, 5.74) is 1.16. The Bertz CT molecular complexity index is 731. The van der Waals surface area contributed by atoms with Gasteiger partial charge in [-0.3, -0.25) is 0 Å². The van der Waals surface area contributed by atoms with E-state index in [2.05, 4.69) is 9.88 Å². The van der Waals surface area contributed by atoms with E-state index in [9.17, 15) is 8.42 Å². The largest absolute Gasteiger partial charge is 0.491 e. The molecule has 2 aromatic rings. The van der Waals surface area contributed by atoms with Gasteiger partial charge in [-0.25, -0.2) is 13.1 Å². The van der Waals surface area contributed by atoms with Crippen LogP contribution in [0.1, 0.15) is 30.9 Å². The molecule has 22 heavy (non-hydrogen) atoms. The molecule has 0 aliphatic heterocycles. The summed E-state index contributed by atoms with van der Waals surface area (Å²) >= 11 is 0. The highest BCUT2D eigenvalue weighted by Gasteiger charge is 2.23. The Morgan fingerprint density at radius 3 is 2.64 bits per heavy atom. The van der Waals surface area contributed by atoms with Gasteiger partial charge >= 0.3 is 0 Å². The van der Waals surface area contributed by atoms with E-state index >= 15 is 0 Å². The molecule has 0 radical (unpaired) electrons. The van der Waals surface area contributed by atoms with Gasteiger partial charge in [0.25, 0.3) is 0 Å². The molecule has 1 aromatic heterocycles. The normalized spacial score (nSPS) is 11.9. The van der Waals surface area contributed by atoms with Crippen LogP contribution in [0, 0.1) is 13.8 Å². The van der Waals surface area contributed by atoms with Crippen LogP contribution in [-0.4, -0.2) is 19.7 Å². The van der Waals surface area contributed by atoms with Gasteiger partial charge in [0.15, 0.2) is 5.76 Å². The number of sulfonamides is 1. The van der Waals surface area contributed by atoms with Gasteiger partial charge in [-0.1, -0.05) is 17.3 Å². The molecule has 1 aromatic carbocycles. The van der Waals surface area contributed by atoms with Crippen molar-refractivity contribution < 1.29 is 17.7 Å². The van der Waals surface area contributed by atoms with Crippen molar-refractivity contribution in [2.24, 2.45) is 0 Å². The average molecular weight is 324 g/mol. The van der Waals surface area contributed by atoms with Crippen LogP contribution in [-0.2, 0) is 16.6 Å². The zero-order chi connectivity index (χ0) is 16.3. The van der Waals surface area contributed by atoms with E-state index in [1.165, 1.54) is 0 Å². The number of hydrogen-bond acceptors (Lipinski definition) is 5. The van der Waals surface area contributed by atoms with Crippen LogP contribution in [0.3, 0.4) is 0 Å². The van der Waals surface area contributed by atoms with Crippen molar-refractivity contribution in [3.63, 3.8) is 0 Å². The molecular weight excluding hydrogens is 304 g/mol. The molecule has 0 bridgehead atoms. The maximum Gasteiger partial charge on any atom is 0.246 e. The molecule has 0 saturated carbocycles. The van der Waals surface area contributed by atoms with Gasteiger partial charge in [0.1, 0.15) is 16.3 Å². The molecular formula is C15H20N2O4S. The highest BCUT2D eigenvalue weighted by Crippen LogP contribution is 2.20. The van der Waals surface area contributed by atoms with E-state index < -0.39 is 10.0 Å². The molecule has 0 aliphatic rings. The van der Waals surface area contributed by atoms with Crippen LogP contribution in [0.4, 0.5) is 0 Å². The quantitative estimate of drug-likeness (QED) is 0.883. The van der Waals surface area contributed by atoms with Crippen LogP contribution >= 0.6 is 0 Å². The number of aromatic nitrogens is 1. The summed E-state index contributed by atoms with van der Waals surface area (Å²) in [6, 6.07) is 7.32.